The van der Waals surface area contributed by atoms with Gasteiger partial charge in [0.15, 0.2) is 0 Å². The minimum Gasteiger partial charge on any atom is -0.345 e. The first-order valence-corrected chi connectivity index (χ1v) is 8.41. The van der Waals surface area contributed by atoms with Crippen LogP contribution in [-0.2, 0) is 16.1 Å². The Morgan fingerprint density at radius 3 is 2.63 bits per heavy atom. The number of benzene rings is 2. The number of hydrogen-bond donors (Lipinski definition) is 2. The van der Waals surface area contributed by atoms with E-state index >= 15 is 0 Å². The normalized spacial score (nSPS) is 10.6. The maximum atomic E-state index is 12.3. The van der Waals surface area contributed by atoms with Crippen LogP contribution in [0, 0.1) is 13.8 Å². The number of nitrogens with one attached hydrogen (secondary N) is 2. The average molecular weight is 365 g/mol. The van der Waals surface area contributed by atoms with Crippen molar-refractivity contribution in [3.8, 4) is 0 Å². The number of carbonyl (C=O) groups is 2. The van der Waals surface area contributed by atoms with Crippen LogP contribution < -0.4 is 16.2 Å². The van der Waals surface area contributed by atoms with Crippen molar-refractivity contribution in [3.05, 3.63) is 63.9 Å². The summed E-state index contributed by atoms with van der Waals surface area (Å²) < 4.78 is 0.972. The molecule has 0 aliphatic heterocycles. The number of nitrogens with zero attached hydrogens (tertiary/aromatic N) is 3. The summed E-state index contributed by atoms with van der Waals surface area (Å²) in [7, 11) is 0. The molecule has 3 aromatic rings. The number of anilines is 1. The maximum absolute atomic E-state index is 12.3. The second-order valence-electron chi connectivity index (χ2n) is 6.14. The molecule has 0 aliphatic carbocycles. The van der Waals surface area contributed by atoms with Gasteiger partial charge in [-0.3, -0.25) is 14.4 Å². The van der Waals surface area contributed by atoms with Gasteiger partial charge in [-0.25, -0.2) is 4.68 Å². The van der Waals surface area contributed by atoms with Crippen molar-refractivity contribution in [2.45, 2.75) is 20.4 Å². The molecule has 2 amide bonds. The largest absolute Gasteiger partial charge is 0.345 e. The van der Waals surface area contributed by atoms with Gasteiger partial charge in [-0.1, -0.05) is 29.5 Å². The van der Waals surface area contributed by atoms with Crippen molar-refractivity contribution in [2.75, 3.05) is 11.9 Å². The Bertz CT molecular complexity index is 1070. The lowest BCUT2D eigenvalue weighted by Gasteiger charge is -2.11. The van der Waals surface area contributed by atoms with Gasteiger partial charge in [-0.15, -0.1) is 5.10 Å². The van der Waals surface area contributed by atoms with E-state index in [1.807, 2.05) is 26.0 Å². The molecule has 1 heterocycles. The molecule has 2 aromatic carbocycles. The Labute approximate surface area is 155 Å². The molecule has 8 heteroatoms. The van der Waals surface area contributed by atoms with Crippen LogP contribution in [0.5, 0.6) is 0 Å². The smallest absolute Gasteiger partial charge is 0.278 e. The Morgan fingerprint density at radius 1 is 1.04 bits per heavy atom. The number of aryl methyl sites for hydroxylation is 1. The van der Waals surface area contributed by atoms with E-state index in [0.29, 0.717) is 16.6 Å². The molecule has 138 valence electrons. The lowest BCUT2D eigenvalue weighted by atomic mass is 10.1. The molecule has 0 saturated carbocycles. The van der Waals surface area contributed by atoms with Crippen LogP contribution in [0.15, 0.2) is 47.3 Å². The van der Waals surface area contributed by atoms with E-state index < -0.39 is 11.5 Å². The van der Waals surface area contributed by atoms with E-state index in [0.717, 1.165) is 15.8 Å². The second-order valence-corrected chi connectivity index (χ2v) is 6.14. The zero-order chi connectivity index (χ0) is 19.4. The van der Waals surface area contributed by atoms with E-state index in [1.54, 1.807) is 30.3 Å². The molecule has 0 aliphatic rings. The topological polar surface area (TPSA) is 106 Å². The highest BCUT2D eigenvalue weighted by molar-refractivity contribution is 5.95. The molecule has 2 N–H and O–H groups in total. The standard InChI is InChI=1S/C19H19N5O3/c1-12-6-5-9-15(13(12)2)21-17(25)10-20-18(26)11-24-19(27)14-7-3-4-8-16(14)22-23-24/h3-9H,10-11H2,1-2H3,(H,20,26)(H,21,25). The first-order valence-electron chi connectivity index (χ1n) is 8.41. The third-order valence-corrected chi connectivity index (χ3v) is 4.25. The van der Waals surface area contributed by atoms with Gasteiger partial charge in [0.05, 0.1) is 11.9 Å². The number of carbonyl (C=O) groups excluding carboxylic acids is 2. The number of amides is 2. The highest BCUT2D eigenvalue weighted by Gasteiger charge is 2.11. The molecular weight excluding hydrogens is 346 g/mol. The fourth-order valence-electron chi connectivity index (χ4n) is 2.58. The number of hydrogen-bond acceptors (Lipinski definition) is 5. The summed E-state index contributed by atoms with van der Waals surface area (Å²) >= 11 is 0. The zero-order valence-electron chi connectivity index (χ0n) is 15.0. The molecule has 0 radical (unpaired) electrons. The number of fused-ring (bicyclic) bond motifs is 1. The molecule has 0 atom stereocenters. The molecule has 0 fully saturated rings. The fraction of sp³-hybridized carbons (Fsp3) is 0.211. The van der Waals surface area contributed by atoms with E-state index in [9.17, 15) is 14.4 Å². The van der Waals surface area contributed by atoms with Crippen molar-refractivity contribution < 1.29 is 9.59 Å². The van der Waals surface area contributed by atoms with Crippen LogP contribution in [0.3, 0.4) is 0 Å². The maximum Gasteiger partial charge on any atom is 0.278 e. The second kappa shape index (κ2) is 7.77. The van der Waals surface area contributed by atoms with E-state index in [-0.39, 0.29) is 19.0 Å². The Kier molecular flexibility index (Phi) is 5.25. The summed E-state index contributed by atoms with van der Waals surface area (Å²) in [6.07, 6.45) is 0. The fourth-order valence-corrected chi connectivity index (χ4v) is 2.58. The van der Waals surface area contributed by atoms with E-state index in [4.69, 9.17) is 0 Å². The summed E-state index contributed by atoms with van der Waals surface area (Å²) in [6.45, 7) is 3.35. The van der Waals surface area contributed by atoms with Crippen LogP contribution >= 0.6 is 0 Å². The van der Waals surface area contributed by atoms with Crippen LogP contribution in [0.25, 0.3) is 10.9 Å². The van der Waals surface area contributed by atoms with Gasteiger partial charge in [-0.05, 0) is 43.2 Å². The predicted molar refractivity (Wildman–Crippen MR) is 101 cm³/mol. The Hall–Kier alpha value is -3.55. The summed E-state index contributed by atoms with van der Waals surface area (Å²) in [4.78, 5) is 36.4. The lowest BCUT2D eigenvalue weighted by molar-refractivity contribution is -0.124. The molecule has 27 heavy (non-hydrogen) atoms. The predicted octanol–water partition coefficient (Wildman–Crippen LogP) is 1.16. The monoisotopic (exact) mass is 365 g/mol. The van der Waals surface area contributed by atoms with E-state index in [2.05, 4.69) is 20.9 Å². The molecule has 3 rings (SSSR count). The van der Waals surface area contributed by atoms with Crippen LogP contribution in [0.4, 0.5) is 5.69 Å². The molecule has 1 aromatic heterocycles. The average Bonchev–Trinajstić information content (AvgIpc) is 2.66. The molecule has 0 bridgehead atoms. The number of rotatable bonds is 5. The van der Waals surface area contributed by atoms with Crippen molar-refractivity contribution >= 4 is 28.4 Å². The Morgan fingerprint density at radius 2 is 1.81 bits per heavy atom. The minimum atomic E-state index is -0.502. The molecule has 0 saturated heterocycles. The van der Waals surface area contributed by atoms with Gasteiger partial charge in [0.1, 0.15) is 12.1 Å². The van der Waals surface area contributed by atoms with Crippen LogP contribution in [-0.4, -0.2) is 33.4 Å². The molecule has 0 unspecified atom stereocenters. The summed E-state index contributed by atoms with van der Waals surface area (Å²) in [5.41, 5.74) is 2.79. The SMILES string of the molecule is Cc1cccc(NC(=O)CNC(=O)Cn2nnc3ccccc3c2=O)c1C. The third kappa shape index (κ3) is 4.17. The summed E-state index contributed by atoms with van der Waals surface area (Å²) in [5.74, 6) is -0.855. The molecule has 0 spiro atoms. The van der Waals surface area contributed by atoms with E-state index in [1.165, 1.54) is 0 Å². The zero-order valence-corrected chi connectivity index (χ0v) is 15.0. The van der Waals surface area contributed by atoms with Gasteiger partial charge < -0.3 is 10.6 Å². The quantitative estimate of drug-likeness (QED) is 0.706. The van der Waals surface area contributed by atoms with Gasteiger partial charge in [0.25, 0.3) is 5.56 Å². The van der Waals surface area contributed by atoms with Crippen molar-refractivity contribution in [1.82, 2.24) is 20.3 Å². The van der Waals surface area contributed by atoms with Gasteiger partial charge in [-0.2, -0.15) is 0 Å². The van der Waals surface area contributed by atoms with Crippen LogP contribution in [0.1, 0.15) is 11.1 Å². The first-order chi connectivity index (χ1) is 13.0. The Balaban J connectivity index is 1.60. The highest BCUT2D eigenvalue weighted by atomic mass is 16.2. The van der Waals surface area contributed by atoms with Crippen molar-refractivity contribution in [3.63, 3.8) is 0 Å². The third-order valence-electron chi connectivity index (χ3n) is 4.25. The van der Waals surface area contributed by atoms with Gasteiger partial charge >= 0.3 is 0 Å². The number of aromatic nitrogens is 3. The molecule has 8 nitrogen and oxygen atoms in total. The van der Waals surface area contributed by atoms with Crippen molar-refractivity contribution in [1.29, 1.82) is 0 Å². The van der Waals surface area contributed by atoms with Crippen LogP contribution in [0.2, 0.25) is 0 Å². The highest BCUT2D eigenvalue weighted by Crippen LogP contribution is 2.17. The summed E-state index contributed by atoms with van der Waals surface area (Å²) in [5, 5.41) is 13.3. The van der Waals surface area contributed by atoms with Gasteiger partial charge in [0, 0.05) is 5.69 Å². The molecular formula is C19H19N5O3. The summed E-state index contributed by atoms with van der Waals surface area (Å²) in [6, 6.07) is 12.4. The first kappa shape index (κ1) is 18.2. The van der Waals surface area contributed by atoms with Gasteiger partial charge in [0.2, 0.25) is 11.8 Å². The van der Waals surface area contributed by atoms with Crippen molar-refractivity contribution in [2.24, 2.45) is 0 Å². The lowest BCUT2D eigenvalue weighted by Crippen LogP contribution is -2.38. The minimum absolute atomic E-state index is 0.206.